The van der Waals surface area contributed by atoms with E-state index < -0.39 is 10.0 Å². The summed E-state index contributed by atoms with van der Waals surface area (Å²) in [6.45, 7) is 0. The van der Waals surface area contributed by atoms with Crippen LogP contribution in [0.5, 0.6) is 5.75 Å². The predicted molar refractivity (Wildman–Crippen MR) is 91.3 cm³/mol. The van der Waals surface area contributed by atoms with Gasteiger partial charge in [0.25, 0.3) is 15.9 Å². The summed E-state index contributed by atoms with van der Waals surface area (Å²) >= 11 is 3.24. The molecule has 0 aromatic heterocycles. The number of sulfonamides is 1. The van der Waals surface area contributed by atoms with Crippen molar-refractivity contribution in [2.75, 3.05) is 18.9 Å². The van der Waals surface area contributed by atoms with Gasteiger partial charge in [-0.1, -0.05) is 22.0 Å². The minimum atomic E-state index is -3.86. The van der Waals surface area contributed by atoms with Gasteiger partial charge in [0.15, 0.2) is 0 Å². The zero-order valence-corrected chi connectivity index (χ0v) is 14.9. The van der Waals surface area contributed by atoms with E-state index in [1.807, 2.05) is 0 Å². The molecule has 0 aliphatic heterocycles. The predicted octanol–water partition coefficient (Wildman–Crippen LogP) is 2.62. The summed E-state index contributed by atoms with van der Waals surface area (Å²) < 4.78 is 33.3. The molecule has 0 heterocycles. The van der Waals surface area contributed by atoms with Crippen LogP contribution in [0.2, 0.25) is 0 Å². The third-order valence-electron chi connectivity index (χ3n) is 3.02. The highest BCUT2D eigenvalue weighted by Crippen LogP contribution is 2.29. The van der Waals surface area contributed by atoms with Gasteiger partial charge in [0.05, 0.1) is 7.11 Å². The number of carbonyl (C=O) groups is 1. The zero-order chi connectivity index (χ0) is 17.0. The summed E-state index contributed by atoms with van der Waals surface area (Å²) in [5.41, 5.74) is 0.641. The third-order valence-corrected chi connectivity index (χ3v) is 4.91. The van der Waals surface area contributed by atoms with Gasteiger partial charge in [-0.2, -0.15) is 0 Å². The van der Waals surface area contributed by atoms with Gasteiger partial charge in [0, 0.05) is 22.8 Å². The van der Waals surface area contributed by atoms with Crippen LogP contribution < -0.4 is 14.8 Å². The van der Waals surface area contributed by atoms with Gasteiger partial charge in [-0.05, 0) is 36.4 Å². The molecule has 0 aliphatic carbocycles. The number of ether oxygens (including phenoxy) is 1. The number of methoxy groups -OCH3 is 1. The minimum Gasteiger partial charge on any atom is -0.495 e. The Bertz CT molecular complexity index is 837. The molecule has 0 saturated carbocycles. The Hall–Kier alpha value is -2.06. The van der Waals surface area contributed by atoms with E-state index in [9.17, 15) is 13.2 Å². The largest absolute Gasteiger partial charge is 0.495 e. The van der Waals surface area contributed by atoms with E-state index in [-0.39, 0.29) is 22.2 Å². The number of hydrogen-bond acceptors (Lipinski definition) is 4. The highest BCUT2D eigenvalue weighted by atomic mass is 79.9. The van der Waals surface area contributed by atoms with Gasteiger partial charge in [-0.25, -0.2) is 8.42 Å². The fraction of sp³-hybridized carbons (Fsp3) is 0.133. The number of hydrogen-bond donors (Lipinski definition) is 2. The number of benzene rings is 2. The fourth-order valence-electron chi connectivity index (χ4n) is 1.94. The number of nitrogens with one attached hydrogen (secondary N) is 2. The molecular formula is C15H15BrN2O4S. The van der Waals surface area contributed by atoms with Gasteiger partial charge in [0.1, 0.15) is 10.6 Å². The SMILES string of the molecule is CNC(=O)c1cccc(NS(=O)(=O)c2cc(Br)ccc2OC)c1. The number of anilines is 1. The van der Waals surface area contributed by atoms with Crippen molar-refractivity contribution in [3.8, 4) is 5.75 Å². The minimum absolute atomic E-state index is 0.000258. The first-order chi connectivity index (χ1) is 10.9. The first-order valence-corrected chi connectivity index (χ1v) is 8.83. The van der Waals surface area contributed by atoms with Crippen molar-refractivity contribution < 1.29 is 17.9 Å². The zero-order valence-electron chi connectivity index (χ0n) is 12.5. The van der Waals surface area contributed by atoms with E-state index in [0.717, 1.165) is 0 Å². The molecule has 2 rings (SSSR count). The average molecular weight is 399 g/mol. The topological polar surface area (TPSA) is 84.5 Å². The molecule has 0 fully saturated rings. The summed E-state index contributed by atoms with van der Waals surface area (Å²) in [4.78, 5) is 11.6. The summed E-state index contributed by atoms with van der Waals surface area (Å²) in [7, 11) is -0.962. The average Bonchev–Trinajstić information content (AvgIpc) is 2.54. The first-order valence-electron chi connectivity index (χ1n) is 6.56. The van der Waals surface area contributed by atoms with E-state index in [1.165, 1.54) is 26.3 Å². The van der Waals surface area contributed by atoms with E-state index in [2.05, 4.69) is 26.0 Å². The standard InChI is InChI=1S/C15H15BrN2O4S/c1-17-15(19)10-4-3-5-12(8-10)18-23(20,21)14-9-11(16)6-7-13(14)22-2/h3-9,18H,1-2H3,(H,17,19). The maximum absolute atomic E-state index is 12.6. The Morgan fingerprint density at radius 2 is 1.91 bits per heavy atom. The summed E-state index contributed by atoms with van der Waals surface area (Å²) in [5, 5.41) is 2.49. The highest BCUT2D eigenvalue weighted by molar-refractivity contribution is 9.10. The Morgan fingerprint density at radius 1 is 1.17 bits per heavy atom. The molecule has 0 atom stereocenters. The number of carbonyl (C=O) groups excluding carboxylic acids is 1. The monoisotopic (exact) mass is 398 g/mol. The molecule has 0 unspecified atom stereocenters. The Labute approximate surface area is 143 Å². The molecule has 0 aliphatic rings. The lowest BCUT2D eigenvalue weighted by Crippen LogP contribution is -2.18. The molecule has 2 N–H and O–H groups in total. The van der Waals surface area contributed by atoms with Crippen LogP contribution in [0.25, 0.3) is 0 Å². The fourth-order valence-corrected chi connectivity index (χ4v) is 3.70. The molecule has 6 nitrogen and oxygen atoms in total. The number of amides is 1. The lowest BCUT2D eigenvalue weighted by atomic mass is 10.2. The number of rotatable bonds is 5. The Balaban J connectivity index is 2.39. The van der Waals surface area contributed by atoms with Crippen molar-refractivity contribution in [3.05, 3.63) is 52.5 Å². The van der Waals surface area contributed by atoms with Crippen molar-refractivity contribution in [3.63, 3.8) is 0 Å². The maximum atomic E-state index is 12.6. The second-order valence-corrected chi connectivity index (χ2v) is 7.13. The van der Waals surface area contributed by atoms with Crippen LogP contribution in [0.4, 0.5) is 5.69 Å². The van der Waals surface area contributed by atoms with Gasteiger partial charge < -0.3 is 10.1 Å². The molecule has 1 amide bonds. The summed E-state index contributed by atoms with van der Waals surface area (Å²) in [6, 6.07) is 10.9. The lowest BCUT2D eigenvalue weighted by Gasteiger charge is -2.12. The molecule has 2 aromatic carbocycles. The molecular weight excluding hydrogens is 384 g/mol. The van der Waals surface area contributed by atoms with Crippen molar-refractivity contribution in [2.45, 2.75) is 4.90 Å². The Kier molecular flexibility index (Phi) is 5.27. The van der Waals surface area contributed by atoms with Crippen molar-refractivity contribution >= 4 is 37.5 Å². The molecule has 0 radical (unpaired) electrons. The van der Waals surface area contributed by atoms with Crippen LogP contribution in [-0.2, 0) is 10.0 Å². The highest BCUT2D eigenvalue weighted by Gasteiger charge is 2.20. The summed E-state index contributed by atoms with van der Waals surface area (Å²) in [6.07, 6.45) is 0. The van der Waals surface area contributed by atoms with Crippen molar-refractivity contribution in [2.24, 2.45) is 0 Å². The molecule has 0 saturated heterocycles. The van der Waals surface area contributed by atoms with Crippen LogP contribution in [0.15, 0.2) is 51.8 Å². The van der Waals surface area contributed by atoms with Gasteiger partial charge in [0.2, 0.25) is 0 Å². The summed E-state index contributed by atoms with van der Waals surface area (Å²) in [5.74, 6) is -0.0748. The molecule has 0 spiro atoms. The van der Waals surface area contributed by atoms with E-state index in [4.69, 9.17) is 4.74 Å². The lowest BCUT2D eigenvalue weighted by molar-refractivity contribution is 0.0963. The smallest absolute Gasteiger partial charge is 0.265 e. The van der Waals surface area contributed by atoms with Crippen LogP contribution in [0, 0.1) is 0 Å². The normalized spacial score (nSPS) is 10.9. The second-order valence-electron chi connectivity index (χ2n) is 4.56. The first kappa shape index (κ1) is 17.3. The molecule has 8 heteroatoms. The maximum Gasteiger partial charge on any atom is 0.265 e. The van der Waals surface area contributed by atoms with Crippen molar-refractivity contribution in [1.29, 1.82) is 0 Å². The molecule has 2 aromatic rings. The van der Waals surface area contributed by atoms with Crippen LogP contribution in [0.3, 0.4) is 0 Å². The van der Waals surface area contributed by atoms with Crippen LogP contribution in [-0.4, -0.2) is 28.5 Å². The van der Waals surface area contributed by atoms with Crippen LogP contribution >= 0.6 is 15.9 Å². The van der Waals surface area contributed by atoms with Crippen LogP contribution in [0.1, 0.15) is 10.4 Å². The van der Waals surface area contributed by atoms with E-state index in [1.54, 1.807) is 30.3 Å². The van der Waals surface area contributed by atoms with Crippen molar-refractivity contribution in [1.82, 2.24) is 5.32 Å². The van der Waals surface area contributed by atoms with E-state index >= 15 is 0 Å². The van der Waals surface area contributed by atoms with E-state index in [0.29, 0.717) is 10.0 Å². The number of halogens is 1. The van der Waals surface area contributed by atoms with Gasteiger partial charge >= 0.3 is 0 Å². The van der Waals surface area contributed by atoms with Gasteiger partial charge in [-0.3, -0.25) is 9.52 Å². The molecule has 23 heavy (non-hydrogen) atoms. The second kappa shape index (κ2) is 7.01. The molecule has 122 valence electrons. The molecule has 0 bridgehead atoms. The third kappa shape index (κ3) is 4.02. The quantitative estimate of drug-likeness (QED) is 0.810. The Morgan fingerprint density at radius 3 is 2.57 bits per heavy atom. The van der Waals surface area contributed by atoms with Gasteiger partial charge in [-0.15, -0.1) is 0 Å².